The summed E-state index contributed by atoms with van der Waals surface area (Å²) in [5.74, 6) is 3.89. The van der Waals surface area contributed by atoms with Crippen molar-refractivity contribution < 1.29 is 18.9 Å². The molecule has 0 spiro atoms. The first-order valence-electron chi connectivity index (χ1n) is 23.3. The van der Waals surface area contributed by atoms with Gasteiger partial charge in [0.25, 0.3) is 0 Å². The maximum Gasteiger partial charge on any atom is 0.127 e. The third-order valence-electron chi connectivity index (χ3n) is 11.9. The second-order valence-electron chi connectivity index (χ2n) is 20.6. The van der Waals surface area contributed by atoms with Crippen LogP contribution in [0.1, 0.15) is 183 Å². The van der Waals surface area contributed by atoms with Crippen molar-refractivity contribution >= 4 is 10.9 Å². The van der Waals surface area contributed by atoms with Gasteiger partial charge in [0, 0.05) is 47.9 Å². The minimum Gasteiger partial charge on any atom is -0.493 e. The van der Waals surface area contributed by atoms with Crippen molar-refractivity contribution in [1.29, 1.82) is 0 Å². The van der Waals surface area contributed by atoms with Crippen LogP contribution in [0.15, 0.2) is 54.6 Å². The van der Waals surface area contributed by atoms with Gasteiger partial charge >= 0.3 is 0 Å². The maximum atomic E-state index is 6.99. The van der Waals surface area contributed by atoms with Crippen LogP contribution in [-0.4, -0.2) is 31.4 Å². The van der Waals surface area contributed by atoms with E-state index in [9.17, 15) is 0 Å². The fraction of sp³-hybridized carbons (Fsp3) is 0.518. The van der Waals surface area contributed by atoms with E-state index in [-0.39, 0.29) is 16.2 Å². The number of nitrogens with zero attached hydrogens (tertiary/aromatic N) is 1. The van der Waals surface area contributed by atoms with Crippen LogP contribution in [0.25, 0.3) is 10.9 Å². The molecule has 8 bridgehead atoms. The van der Waals surface area contributed by atoms with Gasteiger partial charge in [-0.15, -0.1) is 0 Å². The standard InChI is InChI=1S/C56H75NO4/c1-15-21-58-50-37-25-38-29-45(55(9,10)11)32-41(51(38)59-22-16-2)27-42-35-49-47(20-19-36(5)57-49)48(53(42)61-24-18-4)34-43-33-46(56(12,13)14)31-40(52(43)60-23-17-3)26-39(50)30-44(28-37)54(6,7)8/h19-20,28-33,35H,15-18,21-27,34H2,1-14H3. The number of benzene rings is 4. The summed E-state index contributed by atoms with van der Waals surface area (Å²) in [6, 6.07) is 21.1. The molecule has 1 aliphatic carbocycles. The Labute approximate surface area is 369 Å². The molecular formula is C56H75NO4. The molecule has 0 aliphatic heterocycles. The second kappa shape index (κ2) is 18.9. The van der Waals surface area contributed by atoms with Crippen LogP contribution in [-0.2, 0) is 41.9 Å². The highest BCUT2D eigenvalue weighted by atomic mass is 16.5. The molecule has 4 aromatic carbocycles. The number of aryl methyl sites for hydroxylation is 1. The van der Waals surface area contributed by atoms with E-state index in [1.165, 1.54) is 50.1 Å². The van der Waals surface area contributed by atoms with Crippen LogP contribution < -0.4 is 18.9 Å². The van der Waals surface area contributed by atoms with Gasteiger partial charge in [0.2, 0.25) is 0 Å². The van der Waals surface area contributed by atoms with Gasteiger partial charge in [0.05, 0.1) is 31.9 Å². The summed E-state index contributed by atoms with van der Waals surface area (Å²) in [7, 11) is 0. The minimum atomic E-state index is -0.0971. The highest BCUT2D eigenvalue weighted by molar-refractivity contribution is 5.87. The van der Waals surface area contributed by atoms with Crippen LogP contribution in [0, 0.1) is 6.92 Å². The average molecular weight is 826 g/mol. The summed E-state index contributed by atoms with van der Waals surface area (Å²) in [6.45, 7) is 34.3. The molecule has 1 heterocycles. The molecule has 5 aromatic rings. The summed E-state index contributed by atoms with van der Waals surface area (Å²) in [6.07, 6.45) is 6.31. The Hall–Kier alpha value is -4.51. The zero-order chi connectivity index (χ0) is 44.3. The zero-order valence-electron chi connectivity index (χ0n) is 40.3. The Morgan fingerprint density at radius 2 is 0.738 bits per heavy atom. The van der Waals surface area contributed by atoms with Crippen LogP contribution in [0.3, 0.4) is 0 Å². The summed E-state index contributed by atoms with van der Waals surface area (Å²) in [5.41, 5.74) is 15.0. The maximum absolute atomic E-state index is 6.99. The number of fused-ring (bicyclic) bond motifs is 10. The molecule has 0 amide bonds. The molecule has 5 nitrogen and oxygen atoms in total. The number of pyridine rings is 1. The number of rotatable bonds is 12. The third kappa shape index (κ3) is 10.6. The first-order valence-corrected chi connectivity index (χ1v) is 23.3. The van der Waals surface area contributed by atoms with Gasteiger partial charge in [-0.2, -0.15) is 0 Å². The molecule has 0 saturated heterocycles. The number of aromatic nitrogens is 1. The summed E-state index contributed by atoms with van der Waals surface area (Å²) in [5, 5.41) is 1.12. The second-order valence-corrected chi connectivity index (χ2v) is 20.6. The average Bonchev–Trinajstić information content (AvgIpc) is 3.17. The fourth-order valence-electron chi connectivity index (χ4n) is 8.50. The number of hydrogen-bond donors (Lipinski definition) is 0. The molecule has 1 aromatic heterocycles. The summed E-state index contributed by atoms with van der Waals surface area (Å²) in [4.78, 5) is 5.20. The molecule has 1 aliphatic rings. The fourth-order valence-corrected chi connectivity index (χ4v) is 8.50. The van der Waals surface area contributed by atoms with Crippen molar-refractivity contribution in [2.45, 2.75) is 165 Å². The van der Waals surface area contributed by atoms with E-state index >= 15 is 0 Å². The quantitative estimate of drug-likeness (QED) is 0.123. The molecule has 0 N–H and O–H groups in total. The molecule has 328 valence electrons. The van der Waals surface area contributed by atoms with Crippen LogP contribution in [0.2, 0.25) is 0 Å². The Balaban J connectivity index is 1.82. The summed E-state index contributed by atoms with van der Waals surface area (Å²) >= 11 is 0. The highest BCUT2D eigenvalue weighted by Gasteiger charge is 2.29. The lowest BCUT2D eigenvalue weighted by Gasteiger charge is -2.29. The Kier molecular flexibility index (Phi) is 14.2. The first kappa shape index (κ1) is 46.0. The van der Waals surface area contributed by atoms with E-state index in [2.05, 4.69) is 152 Å². The molecule has 6 rings (SSSR count). The lowest BCUT2D eigenvalue weighted by Crippen LogP contribution is -2.17. The van der Waals surface area contributed by atoms with Gasteiger partial charge in [0.1, 0.15) is 23.0 Å². The molecule has 0 fully saturated rings. The number of ether oxygens (including phenoxy) is 4. The summed E-state index contributed by atoms with van der Waals surface area (Å²) < 4.78 is 27.8. The van der Waals surface area contributed by atoms with Gasteiger partial charge in [-0.3, -0.25) is 4.98 Å². The Morgan fingerprint density at radius 1 is 0.426 bits per heavy atom. The SMILES string of the molecule is CCCOc1c2cc(C(C)(C)C)cc1Cc1cc(C(C)(C)C)cc(c1OCCC)Cc1c(OCCC)c(cc3nc(C)ccc13)Cc1cc(C(C)(C)C)cc(c1OCCC)C2. The van der Waals surface area contributed by atoms with Crippen LogP contribution in [0.5, 0.6) is 23.0 Å². The van der Waals surface area contributed by atoms with Crippen molar-refractivity contribution in [3.8, 4) is 23.0 Å². The molecule has 0 radical (unpaired) electrons. The van der Waals surface area contributed by atoms with E-state index < -0.39 is 0 Å². The van der Waals surface area contributed by atoms with Crippen LogP contribution >= 0.6 is 0 Å². The van der Waals surface area contributed by atoms with Gasteiger partial charge in [0.15, 0.2) is 0 Å². The molecular weight excluding hydrogens is 751 g/mol. The van der Waals surface area contributed by atoms with E-state index in [1.807, 2.05) is 0 Å². The normalized spacial score (nSPS) is 13.3. The van der Waals surface area contributed by atoms with E-state index in [0.29, 0.717) is 52.1 Å². The van der Waals surface area contributed by atoms with Crippen molar-refractivity contribution in [1.82, 2.24) is 4.98 Å². The molecule has 5 heteroatoms. The highest BCUT2D eigenvalue weighted by Crippen LogP contribution is 2.45. The monoisotopic (exact) mass is 826 g/mol. The molecule has 0 atom stereocenters. The van der Waals surface area contributed by atoms with Crippen molar-refractivity contribution in [2.75, 3.05) is 26.4 Å². The predicted octanol–water partition coefficient (Wildman–Crippen LogP) is 14.3. The van der Waals surface area contributed by atoms with Crippen molar-refractivity contribution in [3.05, 3.63) is 121 Å². The van der Waals surface area contributed by atoms with E-state index in [4.69, 9.17) is 23.9 Å². The largest absolute Gasteiger partial charge is 0.493 e. The first-order chi connectivity index (χ1) is 28.9. The smallest absolute Gasteiger partial charge is 0.127 e. The predicted molar refractivity (Wildman–Crippen MR) is 256 cm³/mol. The van der Waals surface area contributed by atoms with Gasteiger partial charge in [-0.25, -0.2) is 0 Å². The van der Waals surface area contributed by atoms with E-state index in [0.717, 1.165) is 76.4 Å². The molecule has 0 saturated carbocycles. The third-order valence-corrected chi connectivity index (χ3v) is 11.9. The van der Waals surface area contributed by atoms with E-state index in [1.54, 1.807) is 0 Å². The molecule has 0 unspecified atom stereocenters. The van der Waals surface area contributed by atoms with Crippen LogP contribution in [0.4, 0.5) is 0 Å². The number of hydrogen-bond acceptors (Lipinski definition) is 5. The Bertz CT molecular complexity index is 2330. The lowest BCUT2D eigenvalue weighted by molar-refractivity contribution is 0.304. The van der Waals surface area contributed by atoms with Gasteiger partial charge in [-0.05, 0) is 111 Å². The minimum absolute atomic E-state index is 0.0847. The van der Waals surface area contributed by atoms with Crippen molar-refractivity contribution in [2.24, 2.45) is 0 Å². The topological polar surface area (TPSA) is 49.8 Å². The van der Waals surface area contributed by atoms with Gasteiger partial charge in [-0.1, -0.05) is 132 Å². The molecule has 61 heavy (non-hydrogen) atoms. The van der Waals surface area contributed by atoms with Crippen molar-refractivity contribution in [3.63, 3.8) is 0 Å². The van der Waals surface area contributed by atoms with Gasteiger partial charge < -0.3 is 18.9 Å². The Morgan fingerprint density at radius 3 is 1.07 bits per heavy atom. The zero-order valence-corrected chi connectivity index (χ0v) is 40.3. The lowest BCUT2D eigenvalue weighted by atomic mass is 9.80.